The third-order valence-corrected chi connectivity index (χ3v) is 4.14. The van der Waals surface area contributed by atoms with Gasteiger partial charge in [-0.2, -0.15) is 4.99 Å². The maximum absolute atomic E-state index is 11.7. The second kappa shape index (κ2) is 4.76. The van der Waals surface area contributed by atoms with E-state index in [2.05, 4.69) is 10.3 Å². The summed E-state index contributed by atoms with van der Waals surface area (Å²) in [4.78, 5) is 26.5. The normalized spacial score (nSPS) is 23.2. The standard InChI is InChI=1S/C15H16N2O3/c1-10-14(19)17-12-8-11(4-5-13(12)20-10)15(16-9-18)6-2-3-7-15/h4-5,8,10H,2-3,6-7H2,1H3,(H,17,19). The van der Waals surface area contributed by atoms with Crippen LogP contribution in [0.1, 0.15) is 38.2 Å². The number of anilines is 1. The van der Waals surface area contributed by atoms with Gasteiger partial charge in [0, 0.05) is 0 Å². The summed E-state index contributed by atoms with van der Waals surface area (Å²) in [5, 5.41) is 2.83. The van der Waals surface area contributed by atoms with E-state index in [-0.39, 0.29) is 5.91 Å². The highest BCUT2D eigenvalue weighted by molar-refractivity contribution is 5.97. The summed E-state index contributed by atoms with van der Waals surface area (Å²) in [6.45, 7) is 1.71. The zero-order chi connectivity index (χ0) is 14.2. The fraction of sp³-hybridized carbons (Fsp3) is 0.467. The highest BCUT2D eigenvalue weighted by atomic mass is 16.5. The molecule has 1 aliphatic heterocycles. The van der Waals surface area contributed by atoms with Gasteiger partial charge in [-0.25, -0.2) is 4.79 Å². The second-order valence-electron chi connectivity index (χ2n) is 5.40. The Kier molecular flexibility index (Phi) is 3.07. The van der Waals surface area contributed by atoms with Crippen LogP contribution in [0.2, 0.25) is 0 Å². The van der Waals surface area contributed by atoms with Crippen LogP contribution in [0.15, 0.2) is 23.2 Å². The molecular formula is C15H16N2O3. The number of amides is 1. The molecule has 0 aromatic heterocycles. The van der Waals surface area contributed by atoms with E-state index < -0.39 is 11.6 Å². The first-order valence-corrected chi connectivity index (χ1v) is 6.86. The minimum absolute atomic E-state index is 0.158. The lowest BCUT2D eigenvalue weighted by molar-refractivity contribution is -0.122. The molecule has 20 heavy (non-hydrogen) atoms. The molecule has 1 aliphatic carbocycles. The van der Waals surface area contributed by atoms with Crippen molar-refractivity contribution >= 4 is 17.7 Å². The summed E-state index contributed by atoms with van der Waals surface area (Å²) in [6.07, 6.45) is 4.98. The van der Waals surface area contributed by atoms with Gasteiger partial charge >= 0.3 is 0 Å². The van der Waals surface area contributed by atoms with E-state index in [1.54, 1.807) is 13.0 Å². The van der Waals surface area contributed by atoms with E-state index in [0.29, 0.717) is 11.4 Å². The van der Waals surface area contributed by atoms with Crippen LogP contribution in [-0.4, -0.2) is 18.1 Å². The van der Waals surface area contributed by atoms with Crippen molar-refractivity contribution in [2.24, 2.45) is 4.99 Å². The SMILES string of the molecule is CC1Oc2ccc(C3(N=C=O)CCCC3)cc2NC1=O. The number of benzene rings is 1. The Bertz CT molecular complexity index is 599. The molecule has 5 nitrogen and oxygen atoms in total. The molecule has 1 fully saturated rings. The maximum Gasteiger partial charge on any atom is 0.265 e. The molecule has 3 rings (SSSR count). The van der Waals surface area contributed by atoms with E-state index in [9.17, 15) is 9.59 Å². The van der Waals surface area contributed by atoms with Crippen LogP contribution >= 0.6 is 0 Å². The fourth-order valence-corrected chi connectivity index (χ4v) is 3.01. The number of rotatable bonds is 2. The molecule has 1 saturated carbocycles. The van der Waals surface area contributed by atoms with E-state index in [0.717, 1.165) is 31.2 Å². The number of fused-ring (bicyclic) bond motifs is 1. The first-order valence-electron chi connectivity index (χ1n) is 6.86. The van der Waals surface area contributed by atoms with Gasteiger partial charge in [0.1, 0.15) is 5.75 Å². The van der Waals surface area contributed by atoms with Crippen LogP contribution in [0.25, 0.3) is 0 Å². The van der Waals surface area contributed by atoms with Crippen molar-refractivity contribution in [3.05, 3.63) is 23.8 Å². The minimum atomic E-state index is -0.484. The van der Waals surface area contributed by atoms with Crippen molar-refractivity contribution < 1.29 is 14.3 Å². The summed E-state index contributed by atoms with van der Waals surface area (Å²) in [5.41, 5.74) is 1.11. The van der Waals surface area contributed by atoms with Crippen LogP contribution in [0.5, 0.6) is 5.75 Å². The van der Waals surface area contributed by atoms with Crippen LogP contribution in [0.4, 0.5) is 5.69 Å². The number of nitrogens with one attached hydrogen (secondary N) is 1. The zero-order valence-electron chi connectivity index (χ0n) is 11.3. The number of nitrogens with zero attached hydrogens (tertiary/aromatic N) is 1. The third-order valence-electron chi connectivity index (χ3n) is 4.14. The van der Waals surface area contributed by atoms with Gasteiger partial charge in [0.05, 0.1) is 11.2 Å². The topological polar surface area (TPSA) is 67.8 Å². The number of ether oxygens (including phenoxy) is 1. The third kappa shape index (κ3) is 2.00. The fourth-order valence-electron chi connectivity index (χ4n) is 3.01. The number of hydrogen-bond acceptors (Lipinski definition) is 4. The number of hydrogen-bond donors (Lipinski definition) is 1. The van der Waals surface area contributed by atoms with Gasteiger partial charge in [0.2, 0.25) is 6.08 Å². The molecule has 1 aromatic rings. The summed E-state index contributed by atoms with van der Waals surface area (Å²) < 4.78 is 5.53. The highest BCUT2D eigenvalue weighted by Gasteiger charge is 2.36. The van der Waals surface area contributed by atoms with Gasteiger partial charge in [0.15, 0.2) is 6.10 Å². The number of carbonyl (C=O) groups excluding carboxylic acids is 2. The lowest BCUT2D eigenvalue weighted by Gasteiger charge is -2.27. The molecule has 1 atom stereocenters. The van der Waals surface area contributed by atoms with Crippen molar-refractivity contribution in [2.75, 3.05) is 5.32 Å². The molecule has 1 aromatic carbocycles. The Morgan fingerprint density at radius 2 is 2.15 bits per heavy atom. The Balaban J connectivity index is 2.02. The van der Waals surface area contributed by atoms with Crippen LogP contribution < -0.4 is 10.1 Å². The molecule has 0 spiro atoms. The summed E-state index contributed by atoms with van der Waals surface area (Å²) in [6, 6.07) is 5.63. The number of carbonyl (C=O) groups is 1. The number of isocyanates is 1. The van der Waals surface area contributed by atoms with Crippen molar-refractivity contribution in [1.29, 1.82) is 0 Å². The predicted molar refractivity (Wildman–Crippen MR) is 73.4 cm³/mol. The molecule has 2 aliphatic rings. The zero-order valence-corrected chi connectivity index (χ0v) is 11.3. The molecule has 0 saturated heterocycles. The molecular weight excluding hydrogens is 256 g/mol. The molecule has 1 heterocycles. The molecule has 1 amide bonds. The Labute approximate surface area is 117 Å². The lowest BCUT2D eigenvalue weighted by Crippen LogP contribution is -2.34. The Morgan fingerprint density at radius 1 is 1.40 bits per heavy atom. The Hall–Kier alpha value is -2.13. The molecule has 1 N–H and O–H groups in total. The van der Waals surface area contributed by atoms with E-state index in [1.807, 2.05) is 18.2 Å². The van der Waals surface area contributed by atoms with E-state index in [4.69, 9.17) is 4.74 Å². The average molecular weight is 272 g/mol. The molecule has 1 unspecified atom stereocenters. The van der Waals surface area contributed by atoms with Gasteiger partial charge < -0.3 is 10.1 Å². The monoisotopic (exact) mass is 272 g/mol. The number of aliphatic imine (C=N–C) groups is 1. The average Bonchev–Trinajstić information content (AvgIpc) is 2.90. The summed E-state index contributed by atoms with van der Waals surface area (Å²) in [5.74, 6) is 0.498. The molecule has 104 valence electrons. The Morgan fingerprint density at radius 3 is 2.85 bits per heavy atom. The van der Waals surface area contributed by atoms with Crippen molar-refractivity contribution in [1.82, 2.24) is 0 Å². The highest BCUT2D eigenvalue weighted by Crippen LogP contribution is 2.44. The lowest BCUT2D eigenvalue weighted by atomic mass is 9.88. The van der Waals surface area contributed by atoms with Crippen LogP contribution in [0, 0.1) is 0 Å². The van der Waals surface area contributed by atoms with Gasteiger partial charge in [-0.15, -0.1) is 0 Å². The van der Waals surface area contributed by atoms with Crippen molar-refractivity contribution in [3.63, 3.8) is 0 Å². The van der Waals surface area contributed by atoms with Gasteiger partial charge in [-0.1, -0.05) is 18.9 Å². The molecule has 0 radical (unpaired) electrons. The van der Waals surface area contributed by atoms with Crippen LogP contribution in [-0.2, 0) is 15.1 Å². The summed E-state index contributed by atoms with van der Waals surface area (Å²) >= 11 is 0. The van der Waals surface area contributed by atoms with E-state index >= 15 is 0 Å². The smallest absolute Gasteiger partial charge is 0.265 e. The van der Waals surface area contributed by atoms with Gasteiger partial charge in [0.25, 0.3) is 5.91 Å². The molecule has 5 heteroatoms. The molecule has 0 bridgehead atoms. The predicted octanol–water partition coefficient (Wildman–Crippen LogP) is 2.51. The first-order chi connectivity index (χ1) is 9.64. The minimum Gasteiger partial charge on any atom is -0.479 e. The van der Waals surface area contributed by atoms with Crippen LogP contribution in [0.3, 0.4) is 0 Å². The quantitative estimate of drug-likeness (QED) is 0.664. The first kappa shape index (κ1) is 12.9. The largest absolute Gasteiger partial charge is 0.479 e. The second-order valence-corrected chi connectivity index (χ2v) is 5.40. The van der Waals surface area contributed by atoms with Gasteiger partial charge in [-0.3, -0.25) is 4.79 Å². The maximum atomic E-state index is 11.7. The van der Waals surface area contributed by atoms with Crippen molar-refractivity contribution in [3.8, 4) is 5.75 Å². The van der Waals surface area contributed by atoms with Crippen molar-refractivity contribution in [2.45, 2.75) is 44.2 Å². The summed E-state index contributed by atoms with van der Waals surface area (Å²) in [7, 11) is 0. The van der Waals surface area contributed by atoms with E-state index in [1.165, 1.54) is 0 Å². The van der Waals surface area contributed by atoms with Gasteiger partial charge in [-0.05, 0) is 37.5 Å².